The molecule has 1 aromatic carbocycles. The molecule has 0 spiro atoms. The molecule has 0 aliphatic carbocycles. The van der Waals surface area contributed by atoms with E-state index in [1.807, 2.05) is 19.1 Å². The summed E-state index contributed by atoms with van der Waals surface area (Å²) in [4.78, 5) is 14.9. The lowest BCUT2D eigenvalue weighted by Crippen LogP contribution is -2.12. The van der Waals surface area contributed by atoms with E-state index in [1.165, 1.54) is 0 Å². The van der Waals surface area contributed by atoms with Gasteiger partial charge in [-0.05, 0) is 25.6 Å². The number of rotatable bonds is 6. The van der Waals surface area contributed by atoms with E-state index in [9.17, 15) is 10.1 Å². The molecule has 0 fully saturated rings. The van der Waals surface area contributed by atoms with Crippen LogP contribution in [-0.2, 0) is 6.54 Å². The Labute approximate surface area is 122 Å². The quantitative estimate of drug-likeness (QED) is 0.652. The molecule has 0 aliphatic rings. The number of nitro benzene ring substituents is 1. The Bertz CT molecular complexity index is 644. The van der Waals surface area contributed by atoms with Crippen molar-refractivity contribution in [3.63, 3.8) is 0 Å². The second-order valence-electron chi connectivity index (χ2n) is 4.53. The molecular formula is C15H17N3O3. The van der Waals surface area contributed by atoms with Gasteiger partial charge in [0.25, 0.3) is 0 Å². The number of nitrogens with zero attached hydrogens (tertiary/aromatic N) is 2. The van der Waals surface area contributed by atoms with E-state index in [-0.39, 0.29) is 11.4 Å². The van der Waals surface area contributed by atoms with Crippen LogP contribution in [0.15, 0.2) is 36.5 Å². The van der Waals surface area contributed by atoms with Gasteiger partial charge in [0.15, 0.2) is 0 Å². The molecule has 2 rings (SSSR count). The molecule has 0 bridgehead atoms. The molecule has 0 saturated heterocycles. The molecule has 6 heteroatoms. The fourth-order valence-corrected chi connectivity index (χ4v) is 1.96. The molecule has 2 aromatic rings. The zero-order chi connectivity index (χ0) is 15.2. The van der Waals surface area contributed by atoms with Crippen LogP contribution in [0.3, 0.4) is 0 Å². The summed E-state index contributed by atoms with van der Waals surface area (Å²) in [5.74, 6) is 0.587. The largest absolute Gasteiger partial charge is 0.431 e. The molecule has 1 heterocycles. The van der Waals surface area contributed by atoms with Crippen molar-refractivity contribution in [2.24, 2.45) is 0 Å². The van der Waals surface area contributed by atoms with Crippen LogP contribution in [0, 0.1) is 17.0 Å². The number of nitrogens with one attached hydrogen (secondary N) is 1. The number of aryl methyl sites for hydroxylation is 1. The van der Waals surface area contributed by atoms with Crippen LogP contribution in [0.25, 0.3) is 0 Å². The molecule has 0 amide bonds. The summed E-state index contributed by atoms with van der Waals surface area (Å²) in [6, 6.07) is 8.68. The number of hydrogen-bond acceptors (Lipinski definition) is 5. The van der Waals surface area contributed by atoms with E-state index in [1.54, 1.807) is 31.3 Å². The molecule has 0 radical (unpaired) electrons. The van der Waals surface area contributed by atoms with Crippen molar-refractivity contribution >= 4 is 5.69 Å². The Hall–Kier alpha value is -2.47. The lowest BCUT2D eigenvalue weighted by molar-refractivity contribution is -0.386. The fraction of sp³-hybridized carbons (Fsp3) is 0.267. The first-order valence-corrected chi connectivity index (χ1v) is 6.70. The standard InChI is InChI=1S/C15H17N3O3/c1-3-16-10-12-7-5-9-17-15(12)21-13-8-4-6-11(2)14(13)18(19)20/h4-9,16H,3,10H2,1-2H3. The Kier molecular flexibility index (Phi) is 4.84. The Balaban J connectivity index is 2.35. The number of nitro groups is 1. The minimum atomic E-state index is -0.433. The smallest absolute Gasteiger partial charge is 0.314 e. The SMILES string of the molecule is CCNCc1cccnc1Oc1cccc(C)c1[N+](=O)[O-]. The Morgan fingerprint density at radius 1 is 1.33 bits per heavy atom. The van der Waals surface area contributed by atoms with Crippen molar-refractivity contribution in [3.05, 3.63) is 57.8 Å². The van der Waals surface area contributed by atoms with Crippen molar-refractivity contribution in [1.82, 2.24) is 10.3 Å². The number of hydrogen-bond donors (Lipinski definition) is 1. The number of benzene rings is 1. The van der Waals surface area contributed by atoms with Crippen molar-refractivity contribution in [3.8, 4) is 11.6 Å². The predicted octanol–water partition coefficient (Wildman–Crippen LogP) is 3.20. The molecule has 0 aliphatic heterocycles. The summed E-state index contributed by atoms with van der Waals surface area (Å²) in [5.41, 5.74) is 1.38. The molecule has 1 N–H and O–H groups in total. The van der Waals surface area contributed by atoms with Crippen LogP contribution < -0.4 is 10.1 Å². The summed E-state index contributed by atoms with van der Waals surface area (Å²) < 4.78 is 5.69. The van der Waals surface area contributed by atoms with Gasteiger partial charge in [-0.25, -0.2) is 4.98 Å². The lowest BCUT2D eigenvalue weighted by Gasteiger charge is -2.11. The van der Waals surface area contributed by atoms with Crippen molar-refractivity contribution in [1.29, 1.82) is 0 Å². The second kappa shape index (κ2) is 6.81. The highest BCUT2D eigenvalue weighted by Gasteiger charge is 2.20. The minimum absolute atomic E-state index is 0.0300. The summed E-state index contributed by atoms with van der Waals surface area (Å²) >= 11 is 0. The fourth-order valence-electron chi connectivity index (χ4n) is 1.96. The zero-order valence-corrected chi connectivity index (χ0v) is 12.0. The second-order valence-corrected chi connectivity index (χ2v) is 4.53. The van der Waals surface area contributed by atoms with Gasteiger partial charge in [-0.3, -0.25) is 10.1 Å². The van der Waals surface area contributed by atoms with E-state index in [0.29, 0.717) is 18.0 Å². The van der Waals surface area contributed by atoms with E-state index in [2.05, 4.69) is 10.3 Å². The van der Waals surface area contributed by atoms with Crippen LogP contribution in [0.4, 0.5) is 5.69 Å². The van der Waals surface area contributed by atoms with Gasteiger partial charge in [-0.15, -0.1) is 0 Å². The molecule has 6 nitrogen and oxygen atoms in total. The highest BCUT2D eigenvalue weighted by atomic mass is 16.6. The summed E-state index contributed by atoms with van der Waals surface area (Å²) in [7, 11) is 0. The van der Waals surface area contributed by atoms with Gasteiger partial charge in [0.2, 0.25) is 11.6 Å². The van der Waals surface area contributed by atoms with Gasteiger partial charge in [-0.2, -0.15) is 0 Å². The van der Waals surface area contributed by atoms with E-state index in [0.717, 1.165) is 12.1 Å². The first-order chi connectivity index (χ1) is 10.1. The summed E-state index contributed by atoms with van der Waals surface area (Å²) in [6.45, 7) is 5.10. The predicted molar refractivity (Wildman–Crippen MR) is 79.5 cm³/mol. The third-order valence-electron chi connectivity index (χ3n) is 3.01. The van der Waals surface area contributed by atoms with Gasteiger partial charge < -0.3 is 10.1 Å². The molecule has 110 valence electrons. The molecule has 0 unspecified atom stereocenters. The molecule has 21 heavy (non-hydrogen) atoms. The number of para-hydroxylation sites is 1. The average Bonchev–Trinajstić information content (AvgIpc) is 2.46. The zero-order valence-electron chi connectivity index (χ0n) is 12.0. The van der Waals surface area contributed by atoms with Crippen LogP contribution in [0.1, 0.15) is 18.1 Å². The first kappa shape index (κ1) is 14.9. The van der Waals surface area contributed by atoms with Crippen LogP contribution in [0.5, 0.6) is 11.6 Å². The monoisotopic (exact) mass is 287 g/mol. The van der Waals surface area contributed by atoms with Crippen LogP contribution in [-0.4, -0.2) is 16.5 Å². The normalized spacial score (nSPS) is 10.4. The Morgan fingerprint density at radius 2 is 2.14 bits per heavy atom. The van der Waals surface area contributed by atoms with Crippen LogP contribution in [0.2, 0.25) is 0 Å². The molecule has 1 aromatic heterocycles. The van der Waals surface area contributed by atoms with E-state index in [4.69, 9.17) is 4.74 Å². The van der Waals surface area contributed by atoms with E-state index >= 15 is 0 Å². The van der Waals surface area contributed by atoms with Gasteiger partial charge in [0.1, 0.15) is 0 Å². The van der Waals surface area contributed by atoms with Gasteiger partial charge >= 0.3 is 5.69 Å². The van der Waals surface area contributed by atoms with Gasteiger partial charge in [0, 0.05) is 23.9 Å². The highest BCUT2D eigenvalue weighted by Crippen LogP contribution is 2.34. The van der Waals surface area contributed by atoms with Crippen molar-refractivity contribution in [2.75, 3.05) is 6.54 Å². The van der Waals surface area contributed by atoms with Gasteiger partial charge in [0.05, 0.1) is 4.92 Å². The number of aromatic nitrogens is 1. The average molecular weight is 287 g/mol. The molecular weight excluding hydrogens is 270 g/mol. The first-order valence-electron chi connectivity index (χ1n) is 6.70. The number of pyridine rings is 1. The summed E-state index contributed by atoms with van der Waals surface area (Å²) in [5, 5.41) is 14.4. The van der Waals surface area contributed by atoms with Crippen molar-refractivity contribution in [2.45, 2.75) is 20.4 Å². The third kappa shape index (κ3) is 3.55. The maximum atomic E-state index is 11.2. The minimum Gasteiger partial charge on any atom is -0.431 e. The van der Waals surface area contributed by atoms with E-state index < -0.39 is 4.92 Å². The lowest BCUT2D eigenvalue weighted by atomic mass is 10.2. The maximum Gasteiger partial charge on any atom is 0.314 e. The Morgan fingerprint density at radius 3 is 2.86 bits per heavy atom. The molecule has 0 atom stereocenters. The summed E-state index contributed by atoms with van der Waals surface area (Å²) in [6.07, 6.45) is 1.60. The van der Waals surface area contributed by atoms with Crippen LogP contribution >= 0.6 is 0 Å². The highest BCUT2D eigenvalue weighted by molar-refractivity contribution is 5.53. The number of ether oxygens (including phenoxy) is 1. The maximum absolute atomic E-state index is 11.2. The topological polar surface area (TPSA) is 77.3 Å². The third-order valence-corrected chi connectivity index (χ3v) is 3.01. The molecule has 0 saturated carbocycles. The van der Waals surface area contributed by atoms with Crippen molar-refractivity contribution < 1.29 is 9.66 Å². The van der Waals surface area contributed by atoms with Gasteiger partial charge in [-0.1, -0.05) is 25.1 Å².